The van der Waals surface area contributed by atoms with E-state index in [9.17, 15) is 0 Å². The summed E-state index contributed by atoms with van der Waals surface area (Å²) in [5.74, 6) is 1.30. The normalized spacial score (nSPS) is 10.4. The predicted molar refractivity (Wildman–Crippen MR) is 99.9 cm³/mol. The maximum atomic E-state index is 6.11. The Bertz CT molecular complexity index is 792. The van der Waals surface area contributed by atoms with Crippen LogP contribution in [0.1, 0.15) is 5.56 Å². The molecule has 3 rings (SSSR count). The zero-order chi connectivity index (χ0) is 16.8. The fourth-order valence-corrected chi connectivity index (χ4v) is 2.58. The van der Waals surface area contributed by atoms with E-state index in [-0.39, 0.29) is 0 Å². The van der Waals surface area contributed by atoms with E-state index in [2.05, 4.69) is 10.9 Å². The summed E-state index contributed by atoms with van der Waals surface area (Å²) in [6.45, 7) is 0.691. The van der Waals surface area contributed by atoms with Gasteiger partial charge in [0.2, 0.25) is 0 Å². The molecule has 0 unspecified atom stereocenters. The van der Waals surface area contributed by atoms with E-state index in [1.54, 1.807) is 18.2 Å². The van der Waals surface area contributed by atoms with Gasteiger partial charge >= 0.3 is 0 Å². The summed E-state index contributed by atoms with van der Waals surface area (Å²) in [6, 6.07) is 22.9. The van der Waals surface area contributed by atoms with E-state index in [4.69, 9.17) is 27.9 Å². The van der Waals surface area contributed by atoms with Gasteiger partial charge in [0.15, 0.2) is 0 Å². The van der Waals surface area contributed by atoms with Crippen LogP contribution in [0.3, 0.4) is 0 Å². The largest absolute Gasteiger partial charge is 0.456 e. The number of hydrogen-bond donors (Lipinski definition) is 2. The van der Waals surface area contributed by atoms with E-state index in [1.165, 1.54) is 0 Å². The lowest BCUT2D eigenvalue weighted by atomic mass is 10.2. The van der Waals surface area contributed by atoms with Crippen LogP contribution in [0.2, 0.25) is 10.0 Å². The number of hydrogen-bond acceptors (Lipinski definition) is 3. The van der Waals surface area contributed by atoms with Gasteiger partial charge in [0.05, 0.1) is 5.02 Å². The summed E-state index contributed by atoms with van der Waals surface area (Å²) in [5.41, 5.74) is 8.48. The summed E-state index contributed by atoms with van der Waals surface area (Å²) in [6.07, 6.45) is 0. The van der Waals surface area contributed by atoms with Crippen molar-refractivity contribution in [2.75, 3.05) is 5.43 Å². The average molecular weight is 359 g/mol. The van der Waals surface area contributed by atoms with Crippen LogP contribution in [-0.4, -0.2) is 0 Å². The van der Waals surface area contributed by atoms with Crippen LogP contribution in [0, 0.1) is 0 Å². The second kappa shape index (κ2) is 8.06. The Morgan fingerprint density at radius 1 is 0.833 bits per heavy atom. The number of benzene rings is 3. The Kier molecular flexibility index (Phi) is 5.59. The maximum Gasteiger partial charge on any atom is 0.146 e. The van der Waals surface area contributed by atoms with Crippen molar-refractivity contribution in [3.8, 4) is 11.5 Å². The molecule has 0 aliphatic rings. The van der Waals surface area contributed by atoms with E-state index in [0.29, 0.717) is 22.3 Å². The van der Waals surface area contributed by atoms with E-state index >= 15 is 0 Å². The minimum Gasteiger partial charge on any atom is -0.456 e. The molecule has 0 fully saturated rings. The van der Waals surface area contributed by atoms with Crippen molar-refractivity contribution >= 4 is 28.9 Å². The van der Waals surface area contributed by atoms with E-state index in [1.807, 2.05) is 54.6 Å². The van der Waals surface area contributed by atoms with Crippen molar-refractivity contribution in [1.29, 1.82) is 0 Å². The van der Waals surface area contributed by atoms with Gasteiger partial charge in [0, 0.05) is 17.3 Å². The summed E-state index contributed by atoms with van der Waals surface area (Å²) in [5, 5.41) is 1.07. The molecular formula is C19H16Cl2N2O. The van der Waals surface area contributed by atoms with Crippen LogP contribution in [0.4, 0.5) is 5.69 Å². The molecular weight excluding hydrogens is 343 g/mol. The quantitative estimate of drug-likeness (QED) is 0.538. The molecule has 0 atom stereocenters. The minimum atomic E-state index is 0.486. The standard InChI is InChI=1S/C19H16Cl2N2O/c20-15-8-11-19(18(21)12-15)24-17-9-6-14(7-10-17)13-22-23-16-4-2-1-3-5-16/h1-12,22-23H,13H2. The molecule has 0 aromatic heterocycles. The Balaban J connectivity index is 1.55. The Morgan fingerprint density at radius 3 is 2.29 bits per heavy atom. The first kappa shape index (κ1) is 16.7. The Labute approximate surface area is 151 Å². The van der Waals surface area contributed by atoms with Gasteiger partial charge in [-0.2, -0.15) is 0 Å². The van der Waals surface area contributed by atoms with E-state index < -0.39 is 0 Å². The van der Waals surface area contributed by atoms with Crippen molar-refractivity contribution < 1.29 is 4.74 Å². The minimum absolute atomic E-state index is 0.486. The fraction of sp³-hybridized carbons (Fsp3) is 0.0526. The van der Waals surface area contributed by atoms with Gasteiger partial charge in [-0.05, 0) is 48.0 Å². The smallest absolute Gasteiger partial charge is 0.146 e. The van der Waals surface area contributed by atoms with Gasteiger partial charge in [-0.25, -0.2) is 5.43 Å². The maximum absolute atomic E-state index is 6.11. The van der Waals surface area contributed by atoms with Crippen molar-refractivity contribution in [3.63, 3.8) is 0 Å². The average Bonchev–Trinajstić information content (AvgIpc) is 2.60. The lowest BCUT2D eigenvalue weighted by Gasteiger charge is -2.10. The first-order valence-electron chi connectivity index (χ1n) is 7.46. The third-order valence-corrected chi connectivity index (χ3v) is 3.87. The molecule has 0 amide bonds. The predicted octanol–water partition coefficient (Wildman–Crippen LogP) is 5.90. The molecule has 24 heavy (non-hydrogen) atoms. The van der Waals surface area contributed by atoms with Gasteiger partial charge < -0.3 is 10.2 Å². The van der Waals surface area contributed by atoms with Crippen LogP contribution >= 0.6 is 23.2 Å². The van der Waals surface area contributed by atoms with E-state index in [0.717, 1.165) is 17.0 Å². The molecule has 3 aromatic carbocycles. The number of nitrogens with one attached hydrogen (secondary N) is 2. The molecule has 122 valence electrons. The van der Waals surface area contributed by atoms with Gasteiger partial charge in [-0.3, -0.25) is 0 Å². The van der Waals surface area contributed by atoms with Crippen molar-refractivity contribution in [2.24, 2.45) is 0 Å². The highest BCUT2D eigenvalue weighted by Gasteiger charge is 2.04. The second-order valence-corrected chi connectivity index (χ2v) is 6.01. The number of anilines is 1. The lowest BCUT2D eigenvalue weighted by molar-refractivity contribution is 0.482. The monoisotopic (exact) mass is 358 g/mol. The zero-order valence-electron chi connectivity index (χ0n) is 12.8. The SMILES string of the molecule is Clc1ccc(Oc2ccc(CNNc3ccccc3)cc2)c(Cl)c1. The van der Waals surface area contributed by atoms with Crippen LogP contribution in [-0.2, 0) is 6.54 Å². The highest BCUT2D eigenvalue weighted by Crippen LogP contribution is 2.31. The molecule has 3 nitrogen and oxygen atoms in total. The lowest BCUT2D eigenvalue weighted by Crippen LogP contribution is -2.20. The summed E-state index contributed by atoms with van der Waals surface area (Å²) >= 11 is 12.0. The first-order chi connectivity index (χ1) is 11.7. The molecule has 3 aromatic rings. The second-order valence-electron chi connectivity index (χ2n) is 5.17. The molecule has 0 aliphatic heterocycles. The molecule has 0 saturated heterocycles. The Morgan fingerprint density at radius 2 is 1.58 bits per heavy atom. The van der Waals surface area contributed by atoms with Crippen molar-refractivity contribution in [1.82, 2.24) is 5.43 Å². The number of ether oxygens (including phenoxy) is 1. The summed E-state index contributed by atoms with van der Waals surface area (Å²) in [4.78, 5) is 0. The topological polar surface area (TPSA) is 33.3 Å². The van der Waals surface area contributed by atoms with Crippen molar-refractivity contribution in [3.05, 3.63) is 88.4 Å². The molecule has 0 spiro atoms. The van der Waals surface area contributed by atoms with Gasteiger partial charge in [-0.15, -0.1) is 0 Å². The first-order valence-corrected chi connectivity index (χ1v) is 8.22. The molecule has 0 saturated carbocycles. The third-order valence-electron chi connectivity index (χ3n) is 3.34. The molecule has 2 N–H and O–H groups in total. The zero-order valence-corrected chi connectivity index (χ0v) is 14.3. The number of hydrazine groups is 1. The third kappa shape index (κ3) is 4.65. The number of para-hydroxylation sites is 1. The molecule has 0 bridgehead atoms. The highest BCUT2D eigenvalue weighted by atomic mass is 35.5. The number of rotatable bonds is 6. The van der Waals surface area contributed by atoms with Crippen LogP contribution in [0.15, 0.2) is 72.8 Å². The summed E-state index contributed by atoms with van der Waals surface area (Å²) < 4.78 is 5.77. The van der Waals surface area contributed by atoms with Crippen LogP contribution in [0.25, 0.3) is 0 Å². The van der Waals surface area contributed by atoms with Crippen LogP contribution in [0.5, 0.6) is 11.5 Å². The summed E-state index contributed by atoms with van der Waals surface area (Å²) in [7, 11) is 0. The molecule has 0 heterocycles. The van der Waals surface area contributed by atoms with Gasteiger partial charge in [0.25, 0.3) is 0 Å². The molecule has 0 radical (unpaired) electrons. The molecule has 5 heteroatoms. The van der Waals surface area contributed by atoms with Gasteiger partial charge in [-0.1, -0.05) is 53.5 Å². The highest BCUT2D eigenvalue weighted by molar-refractivity contribution is 6.35. The van der Waals surface area contributed by atoms with Crippen molar-refractivity contribution in [2.45, 2.75) is 6.54 Å². The molecule has 0 aliphatic carbocycles. The van der Waals surface area contributed by atoms with Crippen LogP contribution < -0.4 is 15.6 Å². The Hall–Kier alpha value is -2.20. The van der Waals surface area contributed by atoms with Gasteiger partial charge in [0.1, 0.15) is 11.5 Å². The fourth-order valence-electron chi connectivity index (χ4n) is 2.13. The number of halogens is 2.